The van der Waals surface area contributed by atoms with Gasteiger partial charge in [0, 0.05) is 62.7 Å². The van der Waals surface area contributed by atoms with Gasteiger partial charge in [0.25, 0.3) is 0 Å². The van der Waals surface area contributed by atoms with Gasteiger partial charge in [-0.05, 0) is 37.8 Å². The number of fused-ring (bicyclic) bond motifs is 1. The number of amides is 2. The van der Waals surface area contributed by atoms with Crippen LogP contribution in [0.1, 0.15) is 26.7 Å². The summed E-state index contributed by atoms with van der Waals surface area (Å²) in [6.45, 7) is 6.89. The second-order valence-electron chi connectivity index (χ2n) is 8.59. The zero-order chi connectivity index (χ0) is 19.9. The van der Waals surface area contributed by atoms with Gasteiger partial charge in [0.15, 0.2) is 0 Å². The summed E-state index contributed by atoms with van der Waals surface area (Å²) in [6.07, 6.45) is 5.47. The van der Waals surface area contributed by atoms with Crippen molar-refractivity contribution in [1.82, 2.24) is 19.8 Å². The third-order valence-corrected chi connectivity index (χ3v) is 6.52. The van der Waals surface area contributed by atoms with E-state index >= 15 is 0 Å². The number of carbonyl (C=O) groups is 1. The molecule has 2 saturated heterocycles. The van der Waals surface area contributed by atoms with E-state index < -0.39 is 5.41 Å². The van der Waals surface area contributed by atoms with E-state index in [0.29, 0.717) is 25.6 Å². The zero-order valence-corrected chi connectivity index (χ0v) is 16.9. The summed E-state index contributed by atoms with van der Waals surface area (Å²) in [5, 5.41) is 10.5. The van der Waals surface area contributed by atoms with Crippen molar-refractivity contribution in [3.05, 3.63) is 24.5 Å². The summed E-state index contributed by atoms with van der Waals surface area (Å²) in [6, 6.07) is 6.78. The molecular formula is C21H28N6O. The molecule has 2 aliphatic heterocycles. The van der Waals surface area contributed by atoms with Crippen molar-refractivity contribution in [2.75, 3.05) is 38.1 Å². The topological polar surface area (TPSA) is 79.3 Å². The Labute approximate surface area is 165 Å². The molecule has 28 heavy (non-hydrogen) atoms. The van der Waals surface area contributed by atoms with Gasteiger partial charge in [0.05, 0.1) is 11.5 Å². The van der Waals surface area contributed by atoms with Crippen LogP contribution >= 0.6 is 0 Å². The molecule has 4 rings (SSSR count). The van der Waals surface area contributed by atoms with Crippen LogP contribution in [0.2, 0.25) is 0 Å². The van der Waals surface area contributed by atoms with Crippen LogP contribution in [0.15, 0.2) is 24.5 Å². The zero-order valence-electron chi connectivity index (χ0n) is 16.9. The highest BCUT2D eigenvalue weighted by molar-refractivity contribution is 5.89. The van der Waals surface area contributed by atoms with Crippen LogP contribution in [-0.4, -0.2) is 65.1 Å². The van der Waals surface area contributed by atoms with Gasteiger partial charge < -0.3 is 19.7 Å². The molecule has 3 atom stereocenters. The number of likely N-dealkylation sites (N-methyl/N-ethyl adjacent to an activating group) is 1. The molecule has 2 aromatic rings. The third kappa shape index (κ3) is 3.17. The highest BCUT2D eigenvalue weighted by atomic mass is 16.2. The van der Waals surface area contributed by atoms with Crippen molar-refractivity contribution in [2.24, 2.45) is 11.3 Å². The van der Waals surface area contributed by atoms with Crippen LogP contribution in [0.4, 0.5) is 10.5 Å². The number of H-pyrrole nitrogens is 1. The van der Waals surface area contributed by atoms with Crippen LogP contribution < -0.4 is 4.90 Å². The molecule has 7 heteroatoms. The van der Waals surface area contributed by atoms with Gasteiger partial charge in [-0.3, -0.25) is 0 Å². The number of carbonyl (C=O) groups excluding carboxylic acids is 1. The predicted molar refractivity (Wildman–Crippen MR) is 109 cm³/mol. The number of piperidine rings is 1. The number of aromatic nitrogens is 2. The van der Waals surface area contributed by atoms with Crippen molar-refractivity contribution in [2.45, 2.75) is 32.7 Å². The first kappa shape index (κ1) is 18.6. The number of likely N-dealkylation sites (tertiary alicyclic amines) is 2. The van der Waals surface area contributed by atoms with Crippen LogP contribution in [-0.2, 0) is 0 Å². The van der Waals surface area contributed by atoms with E-state index in [0.717, 1.165) is 36.1 Å². The van der Waals surface area contributed by atoms with Crippen LogP contribution in [0.25, 0.3) is 11.0 Å². The van der Waals surface area contributed by atoms with Gasteiger partial charge in [0.1, 0.15) is 5.65 Å². The summed E-state index contributed by atoms with van der Waals surface area (Å²) in [4.78, 5) is 26.8. The third-order valence-electron chi connectivity index (χ3n) is 6.52. The number of urea groups is 1. The maximum Gasteiger partial charge on any atom is 0.320 e. The minimum atomic E-state index is -0.411. The van der Waals surface area contributed by atoms with Gasteiger partial charge >= 0.3 is 6.03 Å². The minimum Gasteiger partial charge on any atom is -0.369 e. The Morgan fingerprint density at radius 2 is 2.21 bits per heavy atom. The molecule has 0 aliphatic carbocycles. The SMILES string of the molecule is C[C@@H]1CCN(C(=O)N2CCC(C)(C#N)C2)C[C@@H]1N(C)c1ccnc2[nH]ccc12. The van der Waals surface area contributed by atoms with E-state index in [-0.39, 0.29) is 12.1 Å². The fourth-order valence-corrected chi connectivity index (χ4v) is 4.57. The second kappa shape index (κ2) is 7.01. The first-order valence-corrected chi connectivity index (χ1v) is 10.0. The largest absolute Gasteiger partial charge is 0.369 e. The van der Waals surface area contributed by atoms with Gasteiger partial charge in [0.2, 0.25) is 0 Å². The van der Waals surface area contributed by atoms with E-state index in [1.807, 2.05) is 35.2 Å². The van der Waals surface area contributed by atoms with E-state index in [9.17, 15) is 10.1 Å². The van der Waals surface area contributed by atoms with Crippen LogP contribution in [0, 0.1) is 22.7 Å². The molecule has 4 heterocycles. The first-order valence-electron chi connectivity index (χ1n) is 10.0. The monoisotopic (exact) mass is 380 g/mol. The smallest absolute Gasteiger partial charge is 0.320 e. The standard InChI is InChI=1S/C21H28N6O/c1-15-6-10-26(20(28)27-11-7-21(2,13-22)14-27)12-18(15)25(3)17-5-9-24-19-16(17)4-8-23-19/h4-5,8-9,15,18H,6-7,10-12,14H2,1-3H3,(H,23,24)/t15-,18+,21?/m1/s1. The van der Waals surface area contributed by atoms with Crippen molar-refractivity contribution < 1.29 is 4.79 Å². The molecule has 1 N–H and O–H groups in total. The molecule has 2 aliphatic rings. The Bertz CT molecular complexity index is 917. The number of nitrogens with one attached hydrogen (secondary N) is 1. The molecular weight excluding hydrogens is 352 g/mol. The van der Waals surface area contributed by atoms with E-state index in [2.05, 4.69) is 41.0 Å². The Kier molecular flexibility index (Phi) is 4.66. The summed E-state index contributed by atoms with van der Waals surface area (Å²) in [7, 11) is 2.11. The lowest BCUT2D eigenvalue weighted by Crippen LogP contribution is -2.55. The van der Waals surface area contributed by atoms with E-state index in [1.165, 1.54) is 0 Å². The maximum absolute atomic E-state index is 13.1. The van der Waals surface area contributed by atoms with Gasteiger partial charge in [-0.1, -0.05) is 6.92 Å². The number of nitrogens with zero attached hydrogens (tertiary/aromatic N) is 5. The molecule has 2 amide bonds. The molecule has 148 valence electrons. The fraction of sp³-hybridized carbons (Fsp3) is 0.571. The Hall–Kier alpha value is -2.75. The summed E-state index contributed by atoms with van der Waals surface area (Å²) in [5.41, 5.74) is 1.61. The van der Waals surface area contributed by atoms with E-state index in [1.54, 1.807) is 0 Å². The maximum atomic E-state index is 13.1. The number of aromatic amines is 1. The molecule has 2 aromatic heterocycles. The van der Waals surface area contributed by atoms with Crippen LogP contribution in [0.3, 0.4) is 0 Å². The summed E-state index contributed by atoms with van der Waals surface area (Å²) >= 11 is 0. The number of anilines is 1. The number of hydrogen-bond donors (Lipinski definition) is 1. The van der Waals surface area contributed by atoms with Crippen molar-refractivity contribution in [3.63, 3.8) is 0 Å². The number of rotatable bonds is 2. The molecule has 0 bridgehead atoms. The summed E-state index contributed by atoms with van der Waals surface area (Å²) in [5.74, 6) is 0.485. The molecule has 0 radical (unpaired) electrons. The number of hydrogen-bond acceptors (Lipinski definition) is 4. The predicted octanol–water partition coefficient (Wildman–Crippen LogP) is 3.07. The molecule has 0 saturated carbocycles. The second-order valence-corrected chi connectivity index (χ2v) is 8.59. The van der Waals surface area contributed by atoms with Crippen molar-refractivity contribution >= 4 is 22.8 Å². The van der Waals surface area contributed by atoms with Gasteiger partial charge in [-0.25, -0.2) is 9.78 Å². The normalized spacial score (nSPS) is 27.8. The lowest BCUT2D eigenvalue weighted by molar-refractivity contribution is 0.131. The number of nitriles is 1. The van der Waals surface area contributed by atoms with Gasteiger partial charge in [-0.15, -0.1) is 0 Å². The summed E-state index contributed by atoms with van der Waals surface area (Å²) < 4.78 is 0. The molecule has 0 spiro atoms. The lowest BCUT2D eigenvalue weighted by Gasteiger charge is -2.43. The average Bonchev–Trinajstić information content (AvgIpc) is 3.34. The Balaban J connectivity index is 1.51. The molecule has 2 fully saturated rings. The van der Waals surface area contributed by atoms with Crippen molar-refractivity contribution in [1.29, 1.82) is 5.26 Å². The fourth-order valence-electron chi connectivity index (χ4n) is 4.57. The number of pyridine rings is 1. The lowest BCUT2D eigenvalue weighted by atomic mass is 9.92. The Morgan fingerprint density at radius 3 is 2.96 bits per heavy atom. The average molecular weight is 380 g/mol. The molecule has 0 aromatic carbocycles. The molecule has 1 unspecified atom stereocenters. The Morgan fingerprint density at radius 1 is 1.39 bits per heavy atom. The quantitative estimate of drug-likeness (QED) is 0.868. The van der Waals surface area contributed by atoms with Crippen molar-refractivity contribution in [3.8, 4) is 6.07 Å². The van der Waals surface area contributed by atoms with E-state index in [4.69, 9.17) is 0 Å². The highest BCUT2D eigenvalue weighted by Crippen LogP contribution is 2.32. The minimum absolute atomic E-state index is 0.0748. The highest BCUT2D eigenvalue weighted by Gasteiger charge is 2.40. The molecule has 7 nitrogen and oxygen atoms in total. The van der Waals surface area contributed by atoms with Crippen LogP contribution in [0.5, 0.6) is 0 Å². The first-order chi connectivity index (χ1) is 13.4. The van der Waals surface area contributed by atoms with Gasteiger partial charge in [-0.2, -0.15) is 5.26 Å².